The number of amides is 1. The van der Waals surface area contributed by atoms with Gasteiger partial charge in [0.25, 0.3) is 0 Å². The number of rotatable bonds is 3. The SMILES string of the molecule is Cc1cc(-c2cncnc2C2CCCN(C(=O)C3CC=CCC3)C2)on1. The number of aryl methyl sites for hydroxylation is 1. The summed E-state index contributed by atoms with van der Waals surface area (Å²) in [6.07, 6.45) is 12.5. The number of carbonyl (C=O) groups excluding carboxylic acids is 1. The van der Waals surface area contributed by atoms with Crippen LogP contribution in [0.2, 0.25) is 0 Å². The molecule has 0 N–H and O–H groups in total. The maximum absolute atomic E-state index is 12.9. The van der Waals surface area contributed by atoms with Gasteiger partial charge in [0.2, 0.25) is 5.91 Å². The first kappa shape index (κ1) is 16.9. The smallest absolute Gasteiger partial charge is 0.226 e. The minimum atomic E-state index is 0.139. The molecule has 0 spiro atoms. The largest absolute Gasteiger partial charge is 0.356 e. The number of hydrogen-bond acceptors (Lipinski definition) is 5. The minimum absolute atomic E-state index is 0.139. The van der Waals surface area contributed by atoms with Gasteiger partial charge < -0.3 is 9.42 Å². The third-order valence-electron chi connectivity index (χ3n) is 5.37. The van der Waals surface area contributed by atoms with Crippen LogP contribution in [0.1, 0.15) is 49.4 Å². The van der Waals surface area contributed by atoms with Crippen molar-refractivity contribution in [2.45, 2.75) is 44.9 Å². The lowest BCUT2D eigenvalue weighted by Gasteiger charge is -2.35. The molecule has 0 bridgehead atoms. The molecule has 6 nitrogen and oxygen atoms in total. The first-order chi connectivity index (χ1) is 12.7. The second-order valence-electron chi connectivity index (χ2n) is 7.26. The van der Waals surface area contributed by atoms with Crippen LogP contribution in [-0.2, 0) is 4.79 Å². The van der Waals surface area contributed by atoms with E-state index in [4.69, 9.17) is 4.52 Å². The Balaban J connectivity index is 1.55. The molecule has 6 heteroatoms. The molecule has 1 aliphatic carbocycles. The molecule has 4 rings (SSSR count). The van der Waals surface area contributed by atoms with E-state index in [9.17, 15) is 4.79 Å². The highest BCUT2D eigenvalue weighted by Crippen LogP contribution is 2.34. The average molecular weight is 352 g/mol. The van der Waals surface area contributed by atoms with Crippen LogP contribution in [0.25, 0.3) is 11.3 Å². The molecule has 2 aliphatic rings. The number of likely N-dealkylation sites (tertiary alicyclic amines) is 1. The van der Waals surface area contributed by atoms with E-state index in [1.54, 1.807) is 12.5 Å². The fourth-order valence-corrected chi connectivity index (χ4v) is 4.02. The Bertz CT molecular complexity index is 814. The molecule has 3 heterocycles. The van der Waals surface area contributed by atoms with Gasteiger partial charge in [0.15, 0.2) is 5.76 Å². The van der Waals surface area contributed by atoms with Gasteiger partial charge >= 0.3 is 0 Å². The summed E-state index contributed by atoms with van der Waals surface area (Å²) in [7, 11) is 0. The van der Waals surface area contributed by atoms with Crippen LogP contribution >= 0.6 is 0 Å². The van der Waals surface area contributed by atoms with Crippen molar-refractivity contribution in [3.05, 3.63) is 42.1 Å². The van der Waals surface area contributed by atoms with Gasteiger partial charge in [-0.1, -0.05) is 17.3 Å². The molecule has 1 aliphatic heterocycles. The van der Waals surface area contributed by atoms with Gasteiger partial charge in [0, 0.05) is 37.2 Å². The Hall–Kier alpha value is -2.50. The molecule has 0 saturated carbocycles. The number of carbonyl (C=O) groups is 1. The maximum atomic E-state index is 12.9. The highest BCUT2D eigenvalue weighted by molar-refractivity contribution is 5.79. The van der Waals surface area contributed by atoms with E-state index in [1.807, 2.05) is 17.9 Å². The Labute approximate surface area is 153 Å². The highest BCUT2D eigenvalue weighted by atomic mass is 16.5. The van der Waals surface area contributed by atoms with Gasteiger partial charge in [-0.3, -0.25) is 4.79 Å². The summed E-state index contributed by atoms with van der Waals surface area (Å²) in [6.45, 7) is 3.46. The monoisotopic (exact) mass is 352 g/mol. The van der Waals surface area contributed by atoms with Crippen molar-refractivity contribution in [1.29, 1.82) is 0 Å². The number of hydrogen-bond donors (Lipinski definition) is 0. The Morgan fingerprint density at radius 1 is 1.31 bits per heavy atom. The van der Waals surface area contributed by atoms with Crippen LogP contribution in [-0.4, -0.2) is 39.0 Å². The minimum Gasteiger partial charge on any atom is -0.356 e. The summed E-state index contributed by atoms with van der Waals surface area (Å²) in [5, 5.41) is 3.98. The van der Waals surface area contributed by atoms with Crippen LogP contribution in [0.3, 0.4) is 0 Å². The molecular formula is C20H24N4O2. The zero-order valence-electron chi connectivity index (χ0n) is 15.1. The molecule has 2 atom stereocenters. The molecule has 2 aromatic rings. The second-order valence-corrected chi connectivity index (χ2v) is 7.26. The molecular weight excluding hydrogens is 328 g/mol. The van der Waals surface area contributed by atoms with Crippen molar-refractivity contribution < 1.29 is 9.32 Å². The zero-order chi connectivity index (χ0) is 17.9. The number of aromatic nitrogens is 3. The quantitative estimate of drug-likeness (QED) is 0.791. The Morgan fingerprint density at radius 3 is 3.00 bits per heavy atom. The molecule has 136 valence electrons. The summed E-state index contributed by atoms with van der Waals surface area (Å²) >= 11 is 0. The summed E-state index contributed by atoms with van der Waals surface area (Å²) in [5.41, 5.74) is 2.67. The zero-order valence-corrected chi connectivity index (χ0v) is 15.1. The summed E-state index contributed by atoms with van der Waals surface area (Å²) in [5.74, 6) is 1.33. The molecule has 1 saturated heterocycles. The van der Waals surface area contributed by atoms with Gasteiger partial charge in [-0.25, -0.2) is 9.97 Å². The maximum Gasteiger partial charge on any atom is 0.226 e. The van der Waals surface area contributed by atoms with Crippen LogP contribution in [0.4, 0.5) is 0 Å². The van der Waals surface area contributed by atoms with Gasteiger partial charge in [-0.2, -0.15) is 0 Å². The average Bonchev–Trinajstić information content (AvgIpc) is 3.14. The lowest BCUT2D eigenvalue weighted by Crippen LogP contribution is -2.42. The molecule has 0 aromatic carbocycles. The van der Waals surface area contributed by atoms with Crippen LogP contribution in [0, 0.1) is 12.8 Å². The van der Waals surface area contributed by atoms with E-state index in [-0.39, 0.29) is 11.8 Å². The summed E-state index contributed by atoms with van der Waals surface area (Å²) in [6, 6.07) is 1.91. The third-order valence-corrected chi connectivity index (χ3v) is 5.37. The Morgan fingerprint density at radius 2 is 2.23 bits per heavy atom. The van der Waals surface area contributed by atoms with E-state index in [2.05, 4.69) is 27.3 Å². The number of nitrogens with zero attached hydrogens (tertiary/aromatic N) is 4. The second kappa shape index (κ2) is 7.40. The van der Waals surface area contributed by atoms with E-state index in [0.717, 1.165) is 62.1 Å². The molecule has 2 aromatic heterocycles. The van der Waals surface area contributed by atoms with Gasteiger partial charge in [0.05, 0.1) is 17.0 Å². The predicted octanol–water partition coefficient (Wildman–Crippen LogP) is 3.50. The van der Waals surface area contributed by atoms with Gasteiger partial charge in [-0.15, -0.1) is 0 Å². The van der Waals surface area contributed by atoms with Gasteiger partial charge in [0.1, 0.15) is 6.33 Å². The lowest BCUT2D eigenvalue weighted by molar-refractivity contribution is -0.137. The van der Waals surface area contributed by atoms with Crippen molar-refractivity contribution in [2.24, 2.45) is 5.92 Å². The summed E-state index contributed by atoms with van der Waals surface area (Å²) in [4.78, 5) is 23.7. The fraction of sp³-hybridized carbons (Fsp3) is 0.500. The van der Waals surface area contributed by atoms with E-state index >= 15 is 0 Å². The van der Waals surface area contributed by atoms with Crippen molar-refractivity contribution in [2.75, 3.05) is 13.1 Å². The first-order valence-corrected chi connectivity index (χ1v) is 9.39. The van der Waals surface area contributed by atoms with Crippen molar-refractivity contribution in [1.82, 2.24) is 20.0 Å². The summed E-state index contributed by atoms with van der Waals surface area (Å²) < 4.78 is 5.43. The van der Waals surface area contributed by atoms with E-state index < -0.39 is 0 Å². The standard InChI is InChI=1S/C20H24N4O2/c1-14-10-18(26-23-14)17-11-21-13-22-19(17)16-8-5-9-24(12-16)20(25)15-6-3-2-4-7-15/h2-3,10-11,13,15-16H,4-9,12H2,1H3. The van der Waals surface area contributed by atoms with Crippen molar-refractivity contribution >= 4 is 5.91 Å². The van der Waals surface area contributed by atoms with Crippen LogP contribution in [0.5, 0.6) is 0 Å². The van der Waals surface area contributed by atoms with E-state index in [1.165, 1.54) is 0 Å². The molecule has 1 amide bonds. The molecule has 26 heavy (non-hydrogen) atoms. The molecule has 1 fully saturated rings. The van der Waals surface area contributed by atoms with Crippen molar-refractivity contribution in [3.63, 3.8) is 0 Å². The van der Waals surface area contributed by atoms with Crippen LogP contribution < -0.4 is 0 Å². The van der Waals surface area contributed by atoms with E-state index in [0.29, 0.717) is 11.7 Å². The Kier molecular flexibility index (Phi) is 4.82. The highest BCUT2D eigenvalue weighted by Gasteiger charge is 2.31. The first-order valence-electron chi connectivity index (χ1n) is 9.39. The predicted molar refractivity (Wildman–Crippen MR) is 97.3 cm³/mol. The molecule has 0 radical (unpaired) electrons. The fourth-order valence-electron chi connectivity index (χ4n) is 4.02. The number of piperidine rings is 1. The topological polar surface area (TPSA) is 72.1 Å². The van der Waals surface area contributed by atoms with Crippen LogP contribution in [0.15, 0.2) is 35.3 Å². The van der Waals surface area contributed by atoms with Crippen molar-refractivity contribution in [3.8, 4) is 11.3 Å². The van der Waals surface area contributed by atoms with Gasteiger partial charge in [-0.05, 0) is 39.0 Å². The number of allylic oxidation sites excluding steroid dienone is 2. The lowest BCUT2D eigenvalue weighted by atomic mass is 9.88. The third kappa shape index (κ3) is 3.41. The molecule has 2 unspecified atom stereocenters. The normalized spacial score (nSPS) is 23.2.